The molecule has 8 heteroatoms. The minimum atomic E-state index is -0.395. The number of hydrogen-bond donors (Lipinski definition) is 0. The molecule has 0 aliphatic carbocycles. The van der Waals surface area contributed by atoms with Crippen molar-refractivity contribution in [1.29, 1.82) is 0 Å². The predicted molar refractivity (Wildman–Crippen MR) is 147 cm³/mol. The molecule has 0 unspecified atom stereocenters. The summed E-state index contributed by atoms with van der Waals surface area (Å²) in [6, 6.07) is 22.0. The molecule has 3 aromatic carbocycles. The molecule has 0 bridgehead atoms. The molecule has 0 saturated heterocycles. The lowest BCUT2D eigenvalue weighted by Crippen LogP contribution is -2.43. The van der Waals surface area contributed by atoms with Crippen LogP contribution in [0.25, 0.3) is 17.0 Å². The zero-order valence-electron chi connectivity index (χ0n) is 21.6. The number of rotatable bonds is 11. The van der Waals surface area contributed by atoms with Gasteiger partial charge >= 0.3 is 0 Å². The van der Waals surface area contributed by atoms with Crippen molar-refractivity contribution in [3.8, 4) is 0 Å². The van der Waals surface area contributed by atoms with Crippen LogP contribution in [0.15, 0.2) is 100 Å². The molecular weight excluding hydrogens is 499 g/mol. The maximum absolute atomic E-state index is 13.6. The summed E-state index contributed by atoms with van der Waals surface area (Å²) < 4.78 is 24.3. The van der Waals surface area contributed by atoms with E-state index in [-0.39, 0.29) is 50.0 Å². The SMILES string of the molecule is COCCN(CC(=O)N(Cc1ccc(F)cc1)Cc1coc2ccccc2c1=O)C(=O)/C=C/c1ccccc1. The van der Waals surface area contributed by atoms with Crippen LogP contribution in [0.3, 0.4) is 0 Å². The van der Waals surface area contributed by atoms with Gasteiger partial charge in [0.05, 0.1) is 30.4 Å². The van der Waals surface area contributed by atoms with Gasteiger partial charge in [-0.15, -0.1) is 0 Å². The molecule has 4 rings (SSSR count). The summed E-state index contributed by atoms with van der Waals surface area (Å²) in [7, 11) is 1.52. The van der Waals surface area contributed by atoms with Crippen LogP contribution < -0.4 is 5.43 Å². The van der Waals surface area contributed by atoms with E-state index in [1.165, 1.54) is 41.4 Å². The first-order valence-corrected chi connectivity index (χ1v) is 12.5. The summed E-state index contributed by atoms with van der Waals surface area (Å²) in [6.07, 6.45) is 4.45. The number of nitrogens with zero attached hydrogens (tertiary/aromatic N) is 2. The summed E-state index contributed by atoms with van der Waals surface area (Å²) in [5.41, 5.74) is 2.03. The van der Waals surface area contributed by atoms with Crippen molar-refractivity contribution in [2.24, 2.45) is 0 Å². The molecule has 7 nitrogen and oxygen atoms in total. The summed E-state index contributed by atoms with van der Waals surface area (Å²) >= 11 is 0. The van der Waals surface area contributed by atoms with Crippen molar-refractivity contribution >= 4 is 28.9 Å². The van der Waals surface area contributed by atoms with Crippen molar-refractivity contribution in [3.63, 3.8) is 0 Å². The Morgan fingerprint density at radius 2 is 1.64 bits per heavy atom. The van der Waals surface area contributed by atoms with Crippen LogP contribution in [0.2, 0.25) is 0 Å². The van der Waals surface area contributed by atoms with E-state index in [9.17, 15) is 18.8 Å². The molecule has 1 heterocycles. The van der Waals surface area contributed by atoms with Gasteiger partial charge in [0, 0.05) is 26.3 Å². The van der Waals surface area contributed by atoms with Gasteiger partial charge in [0.25, 0.3) is 0 Å². The van der Waals surface area contributed by atoms with Crippen LogP contribution in [0.5, 0.6) is 0 Å². The second-order valence-corrected chi connectivity index (χ2v) is 8.96. The Labute approximate surface area is 225 Å². The highest BCUT2D eigenvalue weighted by Gasteiger charge is 2.22. The fraction of sp³-hybridized carbons (Fsp3) is 0.194. The molecule has 0 aliphatic heterocycles. The molecule has 0 atom stereocenters. The quantitative estimate of drug-likeness (QED) is 0.265. The molecule has 0 N–H and O–H groups in total. The number of fused-ring (bicyclic) bond motifs is 1. The fourth-order valence-electron chi connectivity index (χ4n) is 4.04. The van der Waals surface area contributed by atoms with Crippen molar-refractivity contribution in [1.82, 2.24) is 9.80 Å². The van der Waals surface area contributed by atoms with Crippen molar-refractivity contribution < 1.29 is 23.1 Å². The number of benzene rings is 3. The fourth-order valence-corrected chi connectivity index (χ4v) is 4.04. The first-order valence-electron chi connectivity index (χ1n) is 12.5. The van der Waals surface area contributed by atoms with Gasteiger partial charge < -0.3 is 19.0 Å². The molecule has 200 valence electrons. The van der Waals surface area contributed by atoms with E-state index in [0.29, 0.717) is 22.1 Å². The number of methoxy groups -OCH3 is 1. The largest absolute Gasteiger partial charge is 0.464 e. The molecule has 0 spiro atoms. The number of hydrogen-bond acceptors (Lipinski definition) is 5. The zero-order valence-corrected chi connectivity index (χ0v) is 21.6. The van der Waals surface area contributed by atoms with Crippen LogP contribution in [0.4, 0.5) is 4.39 Å². The topological polar surface area (TPSA) is 80.1 Å². The average Bonchev–Trinajstić information content (AvgIpc) is 2.96. The Balaban J connectivity index is 1.59. The van der Waals surface area contributed by atoms with Crippen LogP contribution in [-0.4, -0.2) is 48.4 Å². The molecular formula is C31H29FN2O5. The van der Waals surface area contributed by atoms with Gasteiger partial charge in [-0.05, 0) is 41.5 Å². The smallest absolute Gasteiger partial charge is 0.247 e. The first-order chi connectivity index (χ1) is 18.9. The molecule has 0 radical (unpaired) electrons. The monoisotopic (exact) mass is 528 g/mol. The maximum Gasteiger partial charge on any atom is 0.247 e. The Hall–Kier alpha value is -4.56. The summed E-state index contributed by atoms with van der Waals surface area (Å²) in [6.45, 7) is 0.266. The van der Waals surface area contributed by atoms with Crippen molar-refractivity contribution in [2.45, 2.75) is 13.1 Å². The molecule has 1 aromatic heterocycles. The number of halogens is 1. The van der Waals surface area contributed by atoms with Crippen LogP contribution in [0, 0.1) is 5.82 Å². The molecule has 0 fully saturated rings. The van der Waals surface area contributed by atoms with Gasteiger partial charge in [-0.3, -0.25) is 14.4 Å². The molecule has 0 saturated carbocycles. The number of amides is 2. The lowest BCUT2D eigenvalue weighted by atomic mass is 10.1. The highest BCUT2D eigenvalue weighted by atomic mass is 19.1. The summed E-state index contributed by atoms with van der Waals surface area (Å²) in [4.78, 5) is 42.6. The number of ether oxygens (including phenoxy) is 1. The standard InChI is InChI=1S/C31H29FN2O5/c1-38-18-17-33(29(35)16-13-23-7-3-2-4-8-23)21-30(36)34(19-24-11-14-26(32)15-12-24)20-25-22-39-28-10-6-5-9-27(28)31(25)37/h2-16,22H,17-21H2,1H3/b16-13+. The maximum atomic E-state index is 13.6. The van der Waals surface area contributed by atoms with Crippen molar-refractivity contribution in [3.05, 3.63) is 124 Å². The van der Waals surface area contributed by atoms with Gasteiger partial charge in [0.15, 0.2) is 5.43 Å². The van der Waals surface area contributed by atoms with E-state index < -0.39 is 5.82 Å². The molecule has 2 amide bonds. The zero-order chi connectivity index (χ0) is 27.6. The number of carbonyl (C=O) groups is 2. The van der Waals surface area contributed by atoms with Crippen LogP contribution >= 0.6 is 0 Å². The third kappa shape index (κ3) is 7.49. The summed E-state index contributed by atoms with van der Waals surface area (Å²) in [5.74, 6) is -1.13. The minimum absolute atomic E-state index is 0.0461. The Morgan fingerprint density at radius 3 is 2.38 bits per heavy atom. The predicted octanol–water partition coefficient (Wildman–Crippen LogP) is 4.65. The van der Waals surface area contributed by atoms with Crippen molar-refractivity contribution in [2.75, 3.05) is 26.8 Å². The Kier molecular flexibility index (Phi) is 9.37. The van der Waals surface area contributed by atoms with E-state index in [4.69, 9.17) is 9.15 Å². The molecule has 39 heavy (non-hydrogen) atoms. The van der Waals surface area contributed by atoms with Gasteiger partial charge in [0.2, 0.25) is 11.8 Å². The van der Waals surface area contributed by atoms with E-state index >= 15 is 0 Å². The second kappa shape index (κ2) is 13.3. The van der Waals surface area contributed by atoms with Crippen LogP contribution in [0.1, 0.15) is 16.7 Å². The number of para-hydroxylation sites is 1. The van der Waals surface area contributed by atoms with E-state index in [2.05, 4.69) is 0 Å². The van der Waals surface area contributed by atoms with Gasteiger partial charge in [-0.25, -0.2) is 4.39 Å². The van der Waals surface area contributed by atoms with Crippen LogP contribution in [-0.2, 0) is 27.4 Å². The average molecular weight is 529 g/mol. The molecule has 0 aliphatic rings. The highest BCUT2D eigenvalue weighted by Crippen LogP contribution is 2.15. The second-order valence-electron chi connectivity index (χ2n) is 8.96. The van der Waals surface area contributed by atoms with E-state index in [0.717, 1.165) is 5.56 Å². The Bertz CT molecular complexity index is 1500. The lowest BCUT2D eigenvalue weighted by Gasteiger charge is -2.27. The molecule has 4 aromatic rings. The summed E-state index contributed by atoms with van der Waals surface area (Å²) in [5, 5.41) is 0.409. The number of carbonyl (C=O) groups excluding carboxylic acids is 2. The van der Waals surface area contributed by atoms with E-state index in [1.54, 1.807) is 42.5 Å². The normalized spacial score (nSPS) is 11.1. The minimum Gasteiger partial charge on any atom is -0.464 e. The lowest BCUT2D eigenvalue weighted by molar-refractivity contribution is -0.139. The highest BCUT2D eigenvalue weighted by molar-refractivity contribution is 5.94. The van der Waals surface area contributed by atoms with Gasteiger partial charge in [-0.2, -0.15) is 0 Å². The third-order valence-electron chi connectivity index (χ3n) is 6.17. The van der Waals surface area contributed by atoms with E-state index in [1.807, 2.05) is 30.3 Å². The van der Waals surface area contributed by atoms with Gasteiger partial charge in [-0.1, -0.05) is 54.6 Å². The Morgan fingerprint density at radius 1 is 0.923 bits per heavy atom. The third-order valence-corrected chi connectivity index (χ3v) is 6.17. The first kappa shape index (κ1) is 27.5. The van der Waals surface area contributed by atoms with Gasteiger partial charge in [0.1, 0.15) is 17.9 Å².